The number of thiazole rings is 1. The van der Waals surface area contributed by atoms with E-state index < -0.39 is 6.04 Å². The highest BCUT2D eigenvalue weighted by molar-refractivity contribution is 7.07. The predicted octanol–water partition coefficient (Wildman–Crippen LogP) is 5.39. The van der Waals surface area contributed by atoms with Crippen molar-refractivity contribution in [1.82, 2.24) is 4.57 Å². The molecule has 0 unspecified atom stereocenters. The number of allylic oxidation sites excluding steroid dienone is 2. The molecule has 170 valence electrons. The van der Waals surface area contributed by atoms with Crippen LogP contribution in [0.5, 0.6) is 0 Å². The zero-order chi connectivity index (χ0) is 24.0. The van der Waals surface area contributed by atoms with Crippen molar-refractivity contribution in [3.8, 4) is 11.3 Å². The molecule has 5 nitrogen and oxygen atoms in total. The number of nitrogens with zero attached hydrogens (tertiary/aromatic N) is 2. The summed E-state index contributed by atoms with van der Waals surface area (Å²) in [7, 11) is 0. The first kappa shape index (κ1) is 22.6. The van der Waals surface area contributed by atoms with Crippen molar-refractivity contribution in [3.05, 3.63) is 113 Å². The van der Waals surface area contributed by atoms with Gasteiger partial charge in [0.05, 0.1) is 14.6 Å². The number of rotatable bonds is 4. The second-order valence-corrected chi connectivity index (χ2v) is 9.70. The van der Waals surface area contributed by atoms with Crippen molar-refractivity contribution in [3.63, 3.8) is 0 Å². The van der Waals surface area contributed by atoms with Gasteiger partial charge in [-0.15, -0.1) is 0 Å². The van der Waals surface area contributed by atoms with Crippen LogP contribution in [0.2, 0.25) is 10.0 Å². The Kier molecular flexibility index (Phi) is 5.90. The number of Topliss-reactive ketones (excluding diaryl/α,β-unsaturated/α-hetero) is 1. The number of carbonyl (C=O) groups is 1. The average molecular weight is 509 g/mol. The van der Waals surface area contributed by atoms with Crippen LogP contribution in [0.15, 0.2) is 86.1 Å². The number of fused-ring (bicyclic) bond motifs is 1. The molecule has 4 aromatic rings. The topological polar surface area (TPSA) is 64.6 Å². The zero-order valence-corrected chi connectivity index (χ0v) is 20.5. The quantitative estimate of drug-likeness (QED) is 0.371. The van der Waals surface area contributed by atoms with Gasteiger partial charge in [0, 0.05) is 16.8 Å². The maximum absolute atomic E-state index is 13.5. The molecule has 34 heavy (non-hydrogen) atoms. The van der Waals surface area contributed by atoms with Gasteiger partial charge in [0.25, 0.3) is 5.56 Å². The van der Waals surface area contributed by atoms with Gasteiger partial charge in [-0.25, -0.2) is 4.99 Å². The van der Waals surface area contributed by atoms with Crippen LogP contribution in [-0.2, 0) is 4.79 Å². The molecule has 0 N–H and O–H groups in total. The van der Waals surface area contributed by atoms with Gasteiger partial charge < -0.3 is 4.42 Å². The van der Waals surface area contributed by atoms with Gasteiger partial charge in [0.2, 0.25) is 0 Å². The van der Waals surface area contributed by atoms with E-state index >= 15 is 0 Å². The molecular weight excluding hydrogens is 491 g/mol. The summed E-state index contributed by atoms with van der Waals surface area (Å²) in [5, 5.41) is 0.853. The van der Waals surface area contributed by atoms with E-state index in [1.165, 1.54) is 18.3 Å². The van der Waals surface area contributed by atoms with Gasteiger partial charge in [0.1, 0.15) is 17.6 Å². The summed E-state index contributed by atoms with van der Waals surface area (Å²) in [6, 6.07) is 17.7. The van der Waals surface area contributed by atoms with E-state index in [0.717, 1.165) is 11.1 Å². The number of hydrogen-bond acceptors (Lipinski definition) is 5. The van der Waals surface area contributed by atoms with Gasteiger partial charge in [-0.1, -0.05) is 64.9 Å². The maximum Gasteiger partial charge on any atom is 0.271 e. The Morgan fingerprint density at radius 3 is 2.56 bits per heavy atom. The first-order valence-corrected chi connectivity index (χ1v) is 12.0. The lowest BCUT2D eigenvalue weighted by atomic mass is 9.98. The van der Waals surface area contributed by atoms with Crippen LogP contribution in [0.1, 0.15) is 31.2 Å². The number of furan rings is 1. The number of carbonyl (C=O) groups excluding carboxylic acids is 1. The molecule has 3 heterocycles. The highest BCUT2D eigenvalue weighted by Crippen LogP contribution is 2.35. The molecule has 0 amide bonds. The Balaban J connectivity index is 1.69. The normalized spacial score (nSPS) is 15.9. The molecule has 5 rings (SSSR count). The average Bonchev–Trinajstić information content (AvgIpc) is 3.41. The molecule has 0 bridgehead atoms. The van der Waals surface area contributed by atoms with Crippen molar-refractivity contribution in [2.75, 3.05) is 0 Å². The number of aromatic nitrogens is 1. The summed E-state index contributed by atoms with van der Waals surface area (Å²) in [6.45, 7) is 3.25. The summed E-state index contributed by atoms with van der Waals surface area (Å²) >= 11 is 13.5. The second kappa shape index (κ2) is 8.87. The number of ketones is 1. The maximum atomic E-state index is 13.5. The van der Waals surface area contributed by atoms with Crippen molar-refractivity contribution in [2.24, 2.45) is 4.99 Å². The fourth-order valence-corrected chi connectivity index (χ4v) is 5.39. The summed E-state index contributed by atoms with van der Waals surface area (Å²) < 4.78 is 8.25. The monoisotopic (exact) mass is 508 g/mol. The smallest absolute Gasteiger partial charge is 0.271 e. The molecule has 0 radical (unpaired) electrons. The minimum absolute atomic E-state index is 0.170. The molecule has 0 fully saturated rings. The van der Waals surface area contributed by atoms with Crippen molar-refractivity contribution in [1.29, 1.82) is 0 Å². The summed E-state index contributed by atoms with van der Waals surface area (Å²) in [4.78, 5) is 31.3. The fraction of sp³-hybridized carbons (Fsp3) is 0.115. The largest absolute Gasteiger partial charge is 0.458 e. The van der Waals surface area contributed by atoms with E-state index in [2.05, 4.69) is 4.99 Å². The van der Waals surface area contributed by atoms with E-state index in [1.54, 1.807) is 41.8 Å². The summed E-state index contributed by atoms with van der Waals surface area (Å²) in [5.41, 5.74) is 2.41. The number of hydrogen-bond donors (Lipinski definition) is 0. The van der Waals surface area contributed by atoms with E-state index in [0.29, 0.717) is 42.2 Å². The Morgan fingerprint density at radius 1 is 1.09 bits per heavy atom. The number of halogens is 2. The van der Waals surface area contributed by atoms with E-state index in [9.17, 15) is 9.59 Å². The molecule has 0 saturated heterocycles. The third-order valence-corrected chi connectivity index (χ3v) is 7.32. The Bertz CT molecular complexity index is 1650. The summed E-state index contributed by atoms with van der Waals surface area (Å²) in [5.74, 6) is 0.849. The minimum atomic E-state index is -0.719. The van der Waals surface area contributed by atoms with Crippen molar-refractivity contribution >= 4 is 46.4 Å². The van der Waals surface area contributed by atoms with Crippen LogP contribution in [-0.4, -0.2) is 10.4 Å². The highest BCUT2D eigenvalue weighted by atomic mass is 35.5. The van der Waals surface area contributed by atoms with Crippen LogP contribution < -0.4 is 14.9 Å². The van der Waals surface area contributed by atoms with Crippen molar-refractivity contribution in [2.45, 2.75) is 19.9 Å². The molecule has 2 aromatic carbocycles. The van der Waals surface area contributed by atoms with Crippen LogP contribution in [0.4, 0.5) is 0 Å². The molecule has 1 atom stereocenters. The van der Waals surface area contributed by atoms with Crippen LogP contribution >= 0.6 is 34.5 Å². The fourth-order valence-electron chi connectivity index (χ4n) is 4.04. The molecule has 1 aliphatic heterocycles. The second-order valence-electron chi connectivity index (χ2n) is 7.88. The van der Waals surface area contributed by atoms with E-state index in [-0.39, 0.29) is 11.3 Å². The van der Waals surface area contributed by atoms with Gasteiger partial charge >= 0.3 is 0 Å². The van der Waals surface area contributed by atoms with Crippen LogP contribution in [0.3, 0.4) is 0 Å². The molecule has 2 aromatic heterocycles. The lowest BCUT2D eigenvalue weighted by molar-refractivity contribution is -0.114. The lowest BCUT2D eigenvalue weighted by Gasteiger charge is -2.22. The third kappa shape index (κ3) is 3.98. The highest BCUT2D eigenvalue weighted by Gasteiger charge is 2.33. The number of benzene rings is 2. The van der Waals surface area contributed by atoms with Gasteiger partial charge in [-0.05, 0) is 55.8 Å². The first-order valence-electron chi connectivity index (χ1n) is 10.5. The first-order chi connectivity index (χ1) is 16.3. The third-order valence-electron chi connectivity index (χ3n) is 5.60. The molecule has 1 aliphatic rings. The van der Waals surface area contributed by atoms with E-state index in [1.807, 2.05) is 36.4 Å². The SMILES string of the molecule is CC(=O)C1=C(C)N=c2s/c(=C/c3ccccc3)c(=O)n2[C@@H]1c1ccc(-c2ccc(Cl)c(Cl)c2)o1. The Morgan fingerprint density at radius 2 is 1.85 bits per heavy atom. The van der Waals surface area contributed by atoms with Gasteiger partial charge in [-0.2, -0.15) is 0 Å². The van der Waals surface area contributed by atoms with Gasteiger partial charge in [-0.3, -0.25) is 14.2 Å². The molecular formula is C26H18Cl2N2O3S. The predicted molar refractivity (Wildman–Crippen MR) is 135 cm³/mol. The lowest BCUT2D eigenvalue weighted by Crippen LogP contribution is -2.39. The van der Waals surface area contributed by atoms with Gasteiger partial charge in [0.15, 0.2) is 10.6 Å². The van der Waals surface area contributed by atoms with Crippen molar-refractivity contribution < 1.29 is 9.21 Å². The molecule has 0 aliphatic carbocycles. The summed E-state index contributed by atoms with van der Waals surface area (Å²) in [6.07, 6.45) is 1.83. The molecule has 0 saturated carbocycles. The zero-order valence-electron chi connectivity index (χ0n) is 18.2. The molecule has 8 heteroatoms. The van der Waals surface area contributed by atoms with Crippen LogP contribution in [0.25, 0.3) is 17.4 Å². The Labute approximate surface area is 208 Å². The molecule has 0 spiro atoms. The van der Waals surface area contributed by atoms with E-state index in [4.69, 9.17) is 27.6 Å². The Hall–Kier alpha value is -3.19. The minimum Gasteiger partial charge on any atom is -0.458 e. The van der Waals surface area contributed by atoms with Crippen LogP contribution in [0, 0.1) is 0 Å². The standard InChI is InChI=1S/C26H18Cl2N2O3S/c1-14-23(15(2)31)24(21-11-10-20(33-21)17-8-9-18(27)19(28)13-17)30-25(32)22(34-26(30)29-14)12-16-6-4-3-5-7-16/h3-13,24H,1-2H3/b22-12+/t24-/m1/s1.